The Kier molecular flexibility index (Phi) is 5.88. The molecule has 2 rings (SSSR count). The zero-order valence-corrected chi connectivity index (χ0v) is 13.6. The maximum atomic E-state index is 12.2. The first-order chi connectivity index (χ1) is 11.9. The van der Waals surface area contributed by atoms with Crippen LogP contribution in [0.1, 0.15) is 6.92 Å². The lowest BCUT2D eigenvalue weighted by Gasteiger charge is -2.33. The highest BCUT2D eigenvalue weighted by Crippen LogP contribution is 2.15. The number of ether oxygens (including phenoxy) is 1. The lowest BCUT2D eigenvalue weighted by molar-refractivity contribution is -0.384. The molecule has 0 saturated carbocycles. The monoisotopic (exact) mass is 350 g/mol. The molecule has 25 heavy (non-hydrogen) atoms. The highest BCUT2D eigenvalue weighted by atomic mass is 16.6. The SMILES string of the molecule is CCOC(=O)N1CCN(C(=O)C(=O)Nc2ccc([N+](=O)[O-])cc2)CC1. The number of rotatable bonds is 3. The predicted molar refractivity (Wildman–Crippen MR) is 86.9 cm³/mol. The first kappa shape index (κ1) is 18.2. The van der Waals surface area contributed by atoms with Crippen LogP contribution in [0, 0.1) is 10.1 Å². The Bertz CT molecular complexity index is 667. The zero-order valence-electron chi connectivity index (χ0n) is 13.6. The van der Waals surface area contributed by atoms with Gasteiger partial charge in [-0.3, -0.25) is 19.7 Å². The number of nitro groups is 1. The minimum absolute atomic E-state index is 0.112. The fourth-order valence-corrected chi connectivity index (χ4v) is 2.30. The third-order valence-corrected chi connectivity index (χ3v) is 3.62. The van der Waals surface area contributed by atoms with E-state index in [-0.39, 0.29) is 44.2 Å². The molecule has 0 spiro atoms. The van der Waals surface area contributed by atoms with Crippen molar-refractivity contribution in [3.05, 3.63) is 34.4 Å². The van der Waals surface area contributed by atoms with E-state index >= 15 is 0 Å². The van der Waals surface area contributed by atoms with E-state index in [0.29, 0.717) is 0 Å². The van der Waals surface area contributed by atoms with Crippen LogP contribution < -0.4 is 5.32 Å². The second-order valence-corrected chi connectivity index (χ2v) is 5.24. The fraction of sp³-hybridized carbons (Fsp3) is 0.400. The quantitative estimate of drug-likeness (QED) is 0.489. The summed E-state index contributed by atoms with van der Waals surface area (Å²) in [5.41, 5.74) is 0.175. The zero-order chi connectivity index (χ0) is 18.4. The van der Waals surface area contributed by atoms with E-state index in [1.54, 1.807) is 6.92 Å². The van der Waals surface area contributed by atoms with Crippen molar-refractivity contribution in [1.29, 1.82) is 0 Å². The van der Waals surface area contributed by atoms with E-state index in [0.717, 1.165) is 0 Å². The Hall–Kier alpha value is -3.17. The number of carbonyl (C=O) groups is 3. The third kappa shape index (κ3) is 4.66. The van der Waals surface area contributed by atoms with E-state index in [2.05, 4.69) is 5.32 Å². The van der Waals surface area contributed by atoms with Gasteiger partial charge >= 0.3 is 17.9 Å². The van der Waals surface area contributed by atoms with Crippen molar-refractivity contribution in [2.24, 2.45) is 0 Å². The molecular formula is C15H18N4O6. The number of nitrogens with zero attached hydrogens (tertiary/aromatic N) is 3. The molecule has 134 valence electrons. The van der Waals surface area contributed by atoms with Gasteiger partial charge in [-0.2, -0.15) is 0 Å². The molecule has 1 aromatic carbocycles. The van der Waals surface area contributed by atoms with Gasteiger partial charge in [-0.1, -0.05) is 0 Å². The number of amides is 3. The summed E-state index contributed by atoms with van der Waals surface area (Å²) in [6.07, 6.45) is -0.440. The van der Waals surface area contributed by atoms with Crippen molar-refractivity contribution in [1.82, 2.24) is 9.80 Å². The van der Waals surface area contributed by atoms with Gasteiger partial charge in [0.1, 0.15) is 0 Å². The summed E-state index contributed by atoms with van der Waals surface area (Å²) in [4.78, 5) is 48.6. The molecular weight excluding hydrogens is 332 g/mol. The van der Waals surface area contributed by atoms with E-state index < -0.39 is 22.8 Å². The summed E-state index contributed by atoms with van der Waals surface area (Å²) in [5, 5.41) is 13.0. The number of benzene rings is 1. The molecule has 1 saturated heterocycles. The summed E-state index contributed by atoms with van der Waals surface area (Å²) < 4.78 is 4.89. The Balaban J connectivity index is 1.87. The summed E-state index contributed by atoms with van der Waals surface area (Å²) in [5.74, 6) is -1.56. The van der Waals surface area contributed by atoms with Crippen molar-refractivity contribution in [2.75, 3.05) is 38.1 Å². The molecule has 10 heteroatoms. The van der Waals surface area contributed by atoms with Crippen molar-refractivity contribution in [3.8, 4) is 0 Å². The van der Waals surface area contributed by atoms with Gasteiger partial charge in [-0.05, 0) is 19.1 Å². The number of hydrogen-bond acceptors (Lipinski definition) is 6. The number of nitrogens with one attached hydrogen (secondary N) is 1. The van der Waals surface area contributed by atoms with E-state index in [9.17, 15) is 24.5 Å². The van der Waals surface area contributed by atoms with Crippen molar-refractivity contribution in [3.63, 3.8) is 0 Å². The molecule has 0 aliphatic carbocycles. The molecule has 0 bridgehead atoms. The molecule has 0 atom stereocenters. The van der Waals surface area contributed by atoms with Gasteiger partial charge in [-0.25, -0.2) is 4.79 Å². The molecule has 1 heterocycles. The average Bonchev–Trinajstić information content (AvgIpc) is 2.61. The number of carbonyl (C=O) groups excluding carboxylic acids is 3. The first-order valence-corrected chi connectivity index (χ1v) is 7.68. The van der Waals surface area contributed by atoms with Crippen LogP contribution >= 0.6 is 0 Å². The van der Waals surface area contributed by atoms with Gasteiger partial charge in [0.2, 0.25) is 0 Å². The molecule has 1 fully saturated rings. The Morgan fingerprint density at radius 1 is 1.12 bits per heavy atom. The Labute approximate surface area is 143 Å². The molecule has 1 N–H and O–H groups in total. The van der Waals surface area contributed by atoms with Gasteiger partial charge in [0.05, 0.1) is 11.5 Å². The average molecular weight is 350 g/mol. The van der Waals surface area contributed by atoms with Gasteiger partial charge < -0.3 is 19.9 Å². The van der Waals surface area contributed by atoms with Crippen LogP contribution in [0.15, 0.2) is 24.3 Å². The topological polar surface area (TPSA) is 122 Å². The van der Waals surface area contributed by atoms with Gasteiger partial charge in [0.25, 0.3) is 5.69 Å². The molecule has 1 aliphatic heterocycles. The lowest BCUT2D eigenvalue weighted by Crippen LogP contribution is -2.53. The summed E-state index contributed by atoms with van der Waals surface area (Å²) in [6, 6.07) is 5.17. The van der Waals surface area contributed by atoms with Gasteiger partial charge in [0, 0.05) is 44.0 Å². The van der Waals surface area contributed by atoms with Crippen LogP contribution in [0.3, 0.4) is 0 Å². The highest BCUT2D eigenvalue weighted by molar-refractivity contribution is 6.39. The van der Waals surface area contributed by atoms with E-state index in [1.807, 2.05) is 0 Å². The fourth-order valence-electron chi connectivity index (χ4n) is 2.30. The summed E-state index contributed by atoms with van der Waals surface area (Å²) in [7, 11) is 0. The summed E-state index contributed by atoms with van der Waals surface area (Å²) >= 11 is 0. The number of anilines is 1. The normalized spacial score (nSPS) is 14.0. The molecule has 0 radical (unpaired) electrons. The molecule has 3 amide bonds. The first-order valence-electron chi connectivity index (χ1n) is 7.68. The van der Waals surface area contributed by atoms with Gasteiger partial charge in [-0.15, -0.1) is 0 Å². The maximum absolute atomic E-state index is 12.2. The highest BCUT2D eigenvalue weighted by Gasteiger charge is 2.28. The smallest absolute Gasteiger partial charge is 0.409 e. The Morgan fingerprint density at radius 3 is 2.20 bits per heavy atom. The molecule has 10 nitrogen and oxygen atoms in total. The molecule has 1 aliphatic rings. The van der Waals surface area contributed by atoms with Crippen LogP contribution in [-0.2, 0) is 14.3 Å². The predicted octanol–water partition coefficient (Wildman–Crippen LogP) is 0.834. The second kappa shape index (κ2) is 8.08. The van der Waals surface area contributed by atoms with Crippen LogP contribution in [-0.4, -0.2) is 65.4 Å². The number of piperazine rings is 1. The maximum Gasteiger partial charge on any atom is 0.409 e. The number of hydrogen-bond donors (Lipinski definition) is 1. The molecule has 1 aromatic rings. The molecule has 0 unspecified atom stereocenters. The molecule has 0 aromatic heterocycles. The lowest BCUT2D eigenvalue weighted by atomic mass is 10.2. The van der Waals surface area contributed by atoms with Crippen molar-refractivity contribution < 1.29 is 24.0 Å². The standard InChI is InChI=1S/C15H18N4O6/c1-2-25-15(22)18-9-7-17(8-10-18)14(21)13(20)16-11-3-5-12(6-4-11)19(23)24/h3-6H,2,7-10H2,1H3,(H,16,20). The van der Waals surface area contributed by atoms with Crippen molar-refractivity contribution in [2.45, 2.75) is 6.92 Å². The minimum Gasteiger partial charge on any atom is -0.450 e. The largest absolute Gasteiger partial charge is 0.450 e. The van der Waals surface area contributed by atoms with Gasteiger partial charge in [0.15, 0.2) is 0 Å². The number of non-ortho nitro benzene ring substituents is 1. The van der Waals surface area contributed by atoms with E-state index in [1.165, 1.54) is 34.1 Å². The second-order valence-electron chi connectivity index (χ2n) is 5.24. The van der Waals surface area contributed by atoms with Crippen LogP contribution in [0.5, 0.6) is 0 Å². The Morgan fingerprint density at radius 2 is 1.68 bits per heavy atom. The minimum atomic E-state index is -0.835. The van der Waals surface area contributed by atoms with Crippen molar-refractivity contribution >= 4 is 29.3 Å². The van der Waals surface area contributed by atoms with E-state index in [4.69, 9.17) is 4.74 Å². The summed E-state index contributed by atoms with van der Waals surface area (Å²) in [6.45, 7) is 3.01. The third-order valence-electron chi connectivity index (χ3n) is 3.62. The van der Waals surface area contributed by atoms with Crippen LogP contribution in [0.2, 0.25) is 0 Å². The van der Waals surface area contributed by atoms with Crippen LogP contribution in [0.4, 0.5) is 16.2 Å². The van der Waals surface area contributed by atoms with Crippen LogP contribution in [0.25, 0.3) is 0 Å². The number of nitro benzene ring substituents is 1.